The number of hydrogen-bond donors (Lipinski definition) is 0. The summed E-state index contributed by atoms with van der Waals surface area (Å²) in [6.07, 6.45) is 0. The van der Waals surface area contributed by atoms with Gasteiger partial charge in [0.25, 0.3) is 0 Å². The van der Waals surface area contributed by atoms with E-state index in [-0.39, 0.29) is 24.8 Å². The van der Waals surface area contributed by atoms with Crippen LogP contribution in [0.4, 0.5) is 0 Å². The third-order valence-corrected chi connectivity index (χ3v) is 1.72. The molecule has 0 heterocycles. The molecule has 0 aromatic carbocycles. The van der Waals surface area contributed by atoms with Gasteiger partial charge in [0.15, 0.2) is 0 Å². The second kappa shape index (κ2) is 15.9. The van der Waals surface area contributed by atoms with Crippen LogP contribution in [-0.2, 0) is 8.85 Å². The molecule has 0 aromatic rings. The summed E-state index contributed by atoms with van der Waals surface area (Å²) in [5, 5.41) is 0. The Morgan fingerprint density at radius 3 is 1.56 bits per heavy atom. The van der Waals surface area contributed by atoms with Crippen LogP contribution in [-0.4, -0.2) is 23.2 Å². The highest BCUT2D eigenvalue weighted by molar-refractivity contribution is 6.17. The van der Waals surface area contributed by atoms with Crippen LogP contribution in [0.2, 0.25) is 0 Å². The summed E-state index contributed by atoms with van der Waals surface area (Å²) in [6.45, 7) is 5.55. The predicted molar refractivity (Wildman–Crippen MR) is 46.3 cm³/mol. The van der Waals surface area contributed by atoms with Gasteiger partial charge in [-0.1, -0.05) is 0 Å². The van der Waals surface area contributed by atoms with Gasteiger partial charge in [-0.25, -0.2) is 0 Å². The number of halogens is 2. The van der Waals surface area contributed by atoms with E-state index in [1.54, 1.807) is 0 Å². The van der Waals surface area contributed by atoms with Crippen LogP contribution in [0.5, 0.6) is 0 Å². The van der Waals surface area contributed by atoms with Gasteiger partial charge >= 0.3 is 10.0 Å². The lowest BCUT2D eigenvalue weighted by Crippen LogP contribution is -2.02. The second-order valence-corrected chi connectivity index (χ2v) is 2.16. The minimum Gasteiger partial charge on any atom is -0.399 e. The summed E-state index contributed by atoms with van der Waals surface area (Å²) in [5.41, 5.74) is 0. The molecule has 0 saturated carbocycles. The van der Waals surface area contributed by atoms with Crippen molar-refractivity contribution in [3.8, 4) is 0 Å². The molecule has 0 fully saturated rings. The first kappa shape index (κ1) is 16.4. The quantitative estimate of drug-likeness (QED) is 0.488. The van der Waals surface area contributed by atoms with Gasteiger partial charge in [0.1, 0.15) is 0 Å². The molecule has 0 saturated heterocycles. The van der Waals surface area contributed by atoms with Crippen molar-refractivity contribution >= 4 is 34.8 Å². The fraction of sp³-hybridized carbons (Fsp3) is 1.00. The van der Waals surface area contributed by atoms with Gasteiger partial charge in [0.05, 0.1) is 0 Å². The van der Waals surface area contributed by atoms with E-state index in [9.17, 15) is 0 Å². The zero-order chi connectivity index (χ0) is 5.54. The van der Waals surface area contributed by atoms with E-state index < -0.39 is 10.0 Å². The molecule has 0 spiro atoms. The van der Waals surface area contributed by atoms with Gasteiger partial charge in [0, 0.05) is 13.2 Å². The molecule has 2 nitrogen and oxygen atoms in total. The normalized spacial score (nSPS) is 7.33. The zero-order valence-electron chi connectivity index (χ0n) is 5.75. The Balaban J connectivity index is -0.000000180. The summed E-state index contributed by atoms with van der Waals surface area (Å²) < 4.78 is 9.98. The molecule has 0 unspecified atom stereocenters. The molecule has 0 bridgehead atoms. The van der Waals surface area contributed by atoms with Crippen LogP contribution < -0.4 is 0 Å². The van der Waals surface area contributed by atoms with Crippen molar-refractivity contribution in [2.45, 2.75) is 13.8 Å². The zero-order valence-corrected chi connectivity index (χ0v) is 8.80. The van der Waals surface area contributed by atoms with Gasteiger partial charge in [-0.2, -0.15) is 0 Å². The van der Waals surface area contributed by atoms with Crippen molar-refractivity contribution in [1.29, 1.82) is 0 Å². The largest absolute Gasteiger partial charge is 0.399 e. The molecule has 0 aliphatic carbocycles. The van der Waals surface area contributed by atoms with Crippen LogP contribution in [0.3, 0.4) is 0 Å². The Kier molecular flexibility index (Phi) is 28.9. The van der Waals surface area contributed by atoms with E-state index in [1.807, 2.05) is 13.8 Å². The molecule has 9 heavy (non-hydrogen) atoms. The van der Waals surface area contributed by atoms with Gasteiger partial charge < -0.3 is 8.85 Å². The maximum absolute atomic E-state index is 4.99. The Morgan fingerprint density at radius 2 is 1.33 bits per heavy atom. The van der Waals surface area contributed by atoms with Crippen molar-refractivity contribution in [3.63, 3.8) is 0 Å². The van der Waals surface area contributed by atoms with Crippen LogP contribution in [0, 0.1) is 0 Å². The van der Waals surface area contributed by atoms with Gasteiger partial charge in [-0.3, -0.25) is 0 Å². The van der Waals surface area contributed by atoms with E-state index in [0.717, 1.165) is 13.2 Å². The Morgan fingerprint density at radius 1 is 1.00 bits per heavy atom. The van der Waals surface area contributed by atoms with Crippen LogP contribution >= 0.6 is 24.8 Å². The lowest BCUT2D eigenvalue weighted by atomic mass is 10.9. The molecule has 0 radical (unpaired) electrons. The maximum atomic E-state index is 4.99. The van der Waals surface area contributed by atoms with Gasteiger partial charge in [0.2, 0.25) is 0 Å². The van der Waals surface area contributed by atoms with E-state index >= 15 is 0 Å². The van der Waals surface area contributed by atoms with E-state index in [0.29, 0.717) is 0 Å². The average Bonchev–Trinajstić information content (AvgIpc) is 1.69. The van der Waals surface area contributed by atoms with E-state index in [1.165, 1.54) is 0 Å². The molecule has 60 valence electrons. The Bertz CT molecular complexity index is 35.7. The molecule has 5 heteroatoms. The molecule has 0 N–H and O–H groups in total. The molecular formula is C4H14Cl2O2Si. The van der Waals surface area contributed by atoms with Crippen molar-refractivity contribution in [2.24, 2.45) is 0 Å². The Hall–Kier alpha value is 0.717. The lowest BCUT2D eigenvalue weighted by molar-refractivity contribution is 0.240. The molecule has 0 rings (SSSR count). The van der Waals surface area contributed by atoms with Crippen molar-refractivity contribution in [1.82, 2.24) is 0 Å². The van der Waals surface area contributed by atoms with Gasteiger partial charge in [-0.15, -0.1) is 24.8 Å². The molecule has 0 atom stereocenters. The minimum atomic E-state index is -0.589. The first-order valence-corrected chi connectivity index (χ1v) is 3.72. The molecule has 0 aliphatic rings. The predicted octanol–water partition coefficient (Wildman–Crippen LogP) is 0.902. The molecule has 0 aliphatic heterocycles. The van der Waals surface area contributed by atoms with E-state index in [4.69, 9.17) is 8.85 Å². The lowest BCUT2D eigenvalue weighted by Gasteiger charge is -1.96. The molecule has 0 aromatic heterocycles. The average molecular weight is 193 g/mol. The topological polar surface area (TPSA) is 18.5 Å². The third-order valence-electron chi connectivity index (χ3n) is 0.575. The van der Waals surface area contributed by atoms with Gasteiger partial charge in [-0.05, 0) is 13.8 Å². The highest BCUT2D eigenvalue weighted by atomic mass is 35.5. The van der Waals surface area contributed by atoms with Crippen LogP contribution in [0.15, 0.2) is 0 Å². The number of rotatable bonds is 4. The fourth-order valence-corrected chi connectivity index (χ4v) is 0.677. The Labute approximate surface area is 71.2 Å². The standard InChI is InChI=1S/C4H12O2Si.2ClH/c1-3-5-7-6-4-2;;/h3-4,7H2,1-2H3;2*1H. The molecular weight excluding hydrogens is 179 g/mol. The third kappa shape index (κ3) is 17.7. The summed E-state index contributed by atoms with van der Waals surface area (Å²) in [7, 11) is -0.589. The van der Waals surface area contributed by atoms with Crippen molar-refractivity contribution in [2.75, 3.05) is 13.2 Å². The highest BCUT2D eigenvalue weighted by Gasteiger charge is 1.79. The first-order chi connectivity index (χ1) is 3.41. The van der Waals surface area contributed by atoms with Crippen molar-refractivity contribution < 1.29 is 8.85 Å². The summed E-state index contributed by atoms with van der Waals surface area (Å²) in [6, 6.07) is 0. The monoisotopic (exact) mass is 192 g/mol. The molecule has 0 amide bonds. The SMILES string of the molecule is CCO[SiH2]OCC.Cl.Cl. The summed E-state index contributed by atoms with van der Waals surface area (Å²) in [5.74, 6) is 0. The maximum Gasteiger partial charge on any atom is 0.304 e. The van der Waals surface area contributed by atoms with Crippen molar-refractivity contribution in [3.05, 3.63) is 0 Å². The fourth-order valence-electron chi connectivity index (χ4n) is 0.226. The van der Waals surface area contributed by atoms with Crippen LogP contribution in [0.1, 0.15) is 13.8 Å². The minimum absolute atomic E-state index is 0. The smallest absolute Gasteiger partial charge is 0.304 e. The first-order valence-electron chi connectivity index (χ1n) is 2.57. The highest BCUT2D eigenvalue weighted by Crippen LogP contribution is 1.70. The van der Waals surface area contributed by atoms with Crippen LogP contribution in [0.25, 0.3) is 0 Å². The number of hydrogen-bond acceptors (Lipinski definition) is 2. The second-order valence-electron chi connectivity index (χ2n) is 1.10. The summed E-state index contributed by atoms with van der Waals surface area (Å²) >= 11 is 0. The van der Waals surface area contributed by atoms with E-state index in [2.05, 4.69) is 0 Å². The summed E-state index contributed by atoms with van der Waals surface area (Å²) in [4.78, 5) is 0.